The standard InChI is InChI=1S/C37H27N3O3/c1-22-17-19-24(20-18-22)34(41)39-38-21-37-28-14-6-4-12-26(28)31(27-13-5-7-15-29(27)37)32-33(37)36(43)40(35(32)42)30-16-8-10-23-9-2-3-11-25(23)30/h2-21,31-33H,1H3,(H,39,41)/b38-21+/t31?,32-,33-,37?/m1/s1. The van der Waals surface area contributed by atoms with Crippen molar-refractivity contribution in [3.8, 4) is 0 Å². The van der Waals surface area contributed by atoms with Crippen molar-refractivity contribution >= 4 is 40.4 Å². The zero-order chi connectivity index (χ0) is 29.3. The zero-order valence-corrected chi connectivity index (χ0v) is 23.4. The van der Waals surface area contributed by atoms with Crippen molar-refractivity contribution in [2.75, 3.05) is 4.90 Å². The van der Waals surface area contributed by atoms with Crippen LogP contribution >= 0.6 is 0 Å². The summed E-state index contributed by atoms with van der Waals surface area (Å²) in [6.45, 7) is 1.96. The van der Waals surface area contributed by atoms with E-state index in [0.29, 0.717) is 11.3 Å². The number of fused-ring (bicyclic) bond motifs is 1. The van der Waals surface area contributed by atoms with E-state index >= 15 is 0 Å². The van der Waals surface area contributed by atoms with Gasteiger partial charge in [-0.3, -0.25) is 14.4 Å². The number of amides is 3. The fourth-order valence-electron chi connectivity index (χ4n) is 7.65. The molecule has 2 atom stereocenters. The molecular weight excluding hydrogens is 534 g/mol. The quantitative estimate of drug-likeness (QED) is 0.163. The number of hydrogen-bond donors (Lipinski definition) is 1. The minimum atomic E-state index is -1.06. The van der Waals surface area contributed by atoms with Crippen molar-refractivity contribution < 1.29 is 14.4 Å². The highest BCUT2D eigenvalue weighted by Crippen LogP contribution is 2.63. The normalized spacial score (nSPS) is 23.4. The second-order valence-corrected chi connectivity index (χ2v) is 11.6. The summed E-state index contributed by atoms with van der Waals surface area (Å²) in [4.78, 5) is 43.7. The molecule has 1 saturated heterocycles. The summed E-state index contributed by atoms with van der Waals surface area (Å²) >= 11 is 0. The number of benzene rings is 5. The Bertz CT molecular complexity index is 1960. The number of anilines is 1. The molecule has 5 aromatic rings. The van der Waals surface area contributed by atoms with Crippen molar-refractivity contribution in [3.05, 3.63) is 149 Å². The van der Waals surface area contributed by atoms with E-state index in [4.69, 9.17) is 0 Å². The molecule has 0 unspecified atom stereocenters. The summed E-state index contributed by atoms with van der Waals surface area (Å²) in [6, 6.07) is 36.8. The lowest BCUT2D eigenvalue weighted by molar-refractivity contribution is -0.122. The third-order valence-electron chi connectivity index (χ3n) is 9.44. The van der Waals surface area contributed by atoms with E-state index in [2.05, 4.69) is 22.7 Å². The van der Waals surface area contributed by atoms with Crippen LogP contribution in [0.15, 0.2) is 120 Å². The van der Waals surface area contributed by atoms with Gasteiger partial charge in [0.2, 0.25) is 11.8 Å². The van der Waals surface area contributed by atoms with Gasteiger partial charge in [0.15, 0.2) is 0 Å². The largest absolute Gasteiger partial charge is 0.274 e. The monoisotopic (exact) mass is 561 g/mol. The zero-order valence-electron chi connectivity index (χ0n) is 23.4. The van der Waals surface area contributed by atoms with Gasteiger partial charge in [-0.1, -0.05) is 103 Å². The topological polar surface area (TPSA) is 78.8 Å². The summed E-state index contributed by atoms with van der Waals surface area (Å²) < 4.78 is 0. The smallest absolute Gasteiger partial charge is 0.271 e. The van der Waals surface area contributed by atoms with Crippen molar-refractivity contribution in [2.45, 2.75) is 18.3 Å². The van der Waals surface area contributed by atoms with Gasteiger partial charge in [-0.05, 0) is 52.8 Å². The maximum Gasteiger partial charge on any atom is 0.271 e. The van der Waals surface area contributed by atoms with Crippen LogP contribution in [0.5, 0.6) is 0 Å². The molecule has 3 amide bonds. The Morgan fingerprint density at radius 3 is 2.12 bits per heavy atom. The number of carbonyl (C=O) groups excluding carboxylic acids is 3. The number of imide groups is 1. The number of aryl methyl sites for hydroxylation is 1. The average Bonchev–Trinajstić information content (AvgIpc) is 3.31. The Kier molecular flexibility index (Phi) is 5.50. The molecule has 0 saturated carbocycles. The summed E-state index contributed by atoms with van der Waals surface area (Å²) in [6.07, 6.45) is 1.70. The first-order chi connectivity index (χ1) is 21.0. The molecule has 0 spiro atoms. The SMILES string of the molecule is Cc1ccc(C(=O)N/N=C/C23c4ccccc4C(c4ccccc42)[C@H]2C(=O)N(c4cccc5ccccc45)C(=O)[C@@H]23)cc1. The Morgan fingerprint density at radius 1 is 0.767 bits per heavy atom. The van der Waals surface area contributed by atoms with E-state index in [1.165, 1.54) is 4.90 Å². The summed E-state index contributed by atoms with van der Waals surface area (Å²) in [5, 5.41) is 6.33. The van der Waals surface area contributed by atoms with Crippen LogP contribution in [0.1, 0.15) is 44.1 Å². The predicted molar refractivity (Wildman–Crippen MR) is 166 cm³/mol. The van der Waals surface area contributed by atoms with Gasteiger partial charge >= 0.3 is 0 Å². The second kappa shape index (κ2) is 9.33. The van der Waals surface area contributed by atoms with E-state index in [1.807, 2.05) is 97.9 Å². The molecule has 5 aromatic carbocycles. The van der Waals surface area contributed by atoms with Crippen LogP contribution < -0.4 is 10.3 Å². The van der Waals surface area contributed by atoms with Crippen molar-refractivity contribution in [2.24, 2.45) is 16.9 Å². The van der Waals surface area contributed by atoms with Crippen LogP contribution in [-0.4, -0.2) is 23.9 Å². The van der Waals surface area contributed by atoms with Crippen molar-refractivity contribution in [3.63, 3.8) is 0 Å². The molecule has 43 heavy (non-hydrogen) atoms. The van der Waals surface area contributed by atoms with Gasteiger partial charge in [0, 0.05) is 23.1 Å². The minimum absolute atomic E-state index is 0.207. The molecule has 9 rings (SSSR count). The molecule has 3 aliphatic carbocycles. The molecule has 1 fully saturated rings. The first-order valence-corrected chi connectivity index (χ1v) is 14.5. The first kappa shape index (κ1) is 25.4. The summed E-state index contributed by atoms with van der Waals surface area (Å²) in [5.74, 6) is -2.42. The molecule has 1 aliphatic heterocycles. The molecule has 2 bridgehead atoms. The average molecular weight is 562 g/mol. The highest BCUT2D eigenvalue weighted by atomic mass is 16.2. The summed E-state index contributed by atoms with van der Waals surface area (Å²) in [7, 11) is 0. The van der Waals surface area contributed by atoms with Crippen LogP contribution in [0.4, 0.5) is 5.69 Å². The third kappa shape index (κ3) is 3.47. The molecule has 6 nitrogen and oxygen atoms in total. The lowest BCUT2D eigenvalue weighted by Crippen LogP contribution is -2.54. The van der Waals surface area contributed by atoms with Gasteiger partial charge < -0.3 is 0 Å². The molecule has 208 valence electrons. The van der Waals surface area contributed by atoms with E-state index < -0.39 is 17.3 Å². The van der Waals surface area contributed by atoms with Crippen LogP contribution in [0.2, 0.25) is 0 Å². The van der Waals surface area contributed by atoms with Crippen LogP contribution in [-0.2, 0) is 15.0 Å². The lowest BCUT2D eigenvalue weighted by atomic mass is 9.47. The van der Waals surface area contributed by atoms with E-state index in [0.717, 1.165) is 38.6 Å². The number of nitrogens with one attached hydrogen (secondary N) is 1. The van der Waals surface area contributed by atoms with Gasteiger partial charge in [-0.2, -0.15) is 5.10 Å². The highest BCUT2D eigenvalue weighted by Gasteiger charge is 2.68. The molecule has 1 N–H and O–H groups in total. The maximum absolute atomic E-state index is 14.7. The summed E-state index contributed by atoms with van der Waals surface area (Å²) in [5.41, 5.74) is 7.68. The number of carbonyl (C=O) groups is 3. The van der Waals surface area contributed by atoms with E-state index in [-0.39, 0.29) is 23.6 Å². The second-order valence-electron chi connectivity index (χ2n) is 11.6. The number of nitrogens with zero attached hydrogens (tertiary/aromatic N) is 2. The van der Waals surface area contributed by atoms with Gasteiger partial charge in [-0.15, -0.1) is 0 Å². The fourth-order valence-corrected chi connectivity index (χ4v) is 7.65. The van der Waals surface area contributed by atoms with Crippen LogP contribution in [0, 0.1) is 18.8 Å². The maximum atomic E-state index is 14.7. The number of rotatable bonds is 4. The minimum Gasteiger partial charge on any atom is -0.274 e. The lowest BCUT2D eigenvalue weighted by Gasteiger charge is -2.52. The number of hydrogen-bond acceptors (Lipinski definition) is 4. The number of hydrazone groups is 1. The Hall–Kier alpha value is -5.36. The fraction of sp³-hybridized carbons (Fsp3) is 0.135. The van der Waals surface area contributed by atoms with Gasteiger partial charge in [0.05, 0.1) is 22.9 Å². The Balaban J connectivity index is 1.31. The Labute approximate surface area is 248 Å². The van der Waals surface area contributed by atoms with Crippen LogP contribution in [0.25, 0.3) is 10.8 Å². The van der Waals surface area contributed by atoms with Crippen molar-refractivity contribution in [1.29, 1.82) is 0 Å². The third-order valence-corrected chi connectivity index (χ3v) is 9.44. The van der Waals surface area contributed by atoms with E-state index in [9.17, 15) is 14.4 Å². The van der Waals surface area contributed by atoms with Gasteiger partial charge in [-0.25, -0.2) is 10.3 Å². The molecule has 1 heterocycles. The molecule has 6 heteroatoms. The molecule has 0 radical (unpaired) electrons. The van der Waals surface area contributed by atoms with Crippen molar-refractivity contribution in [1.82, 2.24) is 5.43 Å². The van der Waals surface area contributed by atoms with E-state index in [1.54, 1.807) is 18.3 Å². The van der Waals surface area contributed by atoms with Crippen LogP contribution in [0.3, 0.4) is 0 Å². The molecular formula is C37H27N3O3. The van der Waals surface area contributed by atoms with Gasteiger partial charge in [0.25, 0.3) is 5.91 Å². The molecule has 0 aromatic heterocycles. The molecule has 4 aliphatic rings. The predicted octanol–water partition coefficient (Wildman–Crippen LogP) is 6.11. The Morgan fingerprint density at radius 2 is 1.40 bits per heavy atom. The highest BCUT2D eigenvalue weighted by molar-refractivity contribution is 6.27. The first-order valence-electron chi connectivity index (χ1n) is 14.5. The van der Waals surface area contributed by atoms with Gasteiger partial charge in [0.1, 0.15) is 0 Å².